The molecule has 2 heterocycles. The highest BCUT2D eigenvalue weighted by atomic mass is 32.1. The van der Waals surface area contributed by atoms with Crippen LogP contribution in [0, 0.1) is 4.77 Å². The molecule has 2 aromatic carbocycles. The zero-order chi connectivity index (χ0) is 20.1. The second kappa shape index (κ2) is 9.17. The number of imidazole rings is 1. The van der Waals surface area contributed by atoms with E-state index in [1.807, 2.05) is 30.3 Å². The van der Waals surface area contributed by atoms with E-state index in [9.17, 15) is 4.79 Å². The lowest BCUT2D eigenvalue weighted by atomic mass is 10.1. The van der Waals surface area contributed by atoms with Crippen molar-refractivity contribution in [3.8, 4) is 5.69 Å². The molecule has 1 aromatic heterocycles. The van der Waals surface area contributed by atoms with Crippen molar-refractivity contribution in [2.75, 3.05) is 26.3 Å². The molecule has 29 heavy (non-hydrogen) atoms. The maximum atomic E-state index is 12.7. The van der Waals surface area contributed by atoms with Gasteiger partial charge in [0.15, 0.2) is 4.77 Å². The average Bonchev–Trinajstić information content (AvgIpc) is 3.16. The Morgan fingerprint density at radius 3 is 2.45 bits per heavy atom. The van der Waals surface area contributed by atoms with Crippen LogP contribution in [0.2, 0.25) is 0 Å². The Balaban J connectivity index is 1.38. The number of hydrogen-bond acceptors (Lipinski definition) is 4. The van der Waals surface area contributed by atoms with Crippen LogP contribution < -0.4 is 5.32 Å². The fourth-order valence-electron chi connectivity index (χ4n) is 3.42. The fraction of sp³-hybridized carbons (Fsp3) is 0.273. The smallest absolute Gasteiger partial charge is 0.270 e. The molecule has 6 nitrogen and oxygen atoms in total. The van der Waals surface area contributed by atoms with Gasteiger partial charge in [-0.15, -0.1) is 0 Å². The van der Waals surface area contributed by atoms with E-state index in [2.05, 4.69) is 39.5 Å². The first-order valence-electron chi connectivity index (χ1n) is 9.73. The normalized spacial score (nSPS) is 14.6. The molecule has 4 rings (SSSR count). The molecule has 1 aliphatic rings. The SMILES string of the molecule is O=C(NCc1ccc(CN2CCOCC2)cc1)c1c[nH]c(=S)n1-c1ccccc1. The summed E-state index contributed by atoms with van der Waals surface area (Å²) in [6.45, 7) is 4.94. The van der Waals surface area contributed by atoms with E-state index in [-0.39, 0.29) is 5.91 Å². The van der Waals surface area contributed by atoms with E-state index >= 15 is 0 Å². The summed E-state index contributed by atoms with van der Waals surface area (Å²) in [5, 5.41) is 2.99. The molecule has 0 aliphatic carbocycles. The molecule has 7 heteroatoms. The molecule has 1 aliphatic heterocycles. The standard InChI is InChI=1S/C22H24N4O2S/c27-21(20-15-24-22(29)26(20)19-4-2-1-3-5-19)23-14-17-6-8-18(9-7-17)16-25-10-12-28-13-11-25/h1-9,15H,10-14,16H2,(H,23,27)(H,24,29). The number of nitrogens with zero attached hydrogens (tertiary/aromatic N) is 2. The fourth-order valence-corrected chi connectivity index (χ4v) is 3.68. The highest BCUT2D eigenvalue weighted by molar-refractivity contribution is 7.71. The van der Waals surface area contributed by atoms with E-state index in [1.165, 1.54) is 5.56 Å². The topological polar surface area (TPSA) is 62.3 Å². The number of nitrogens with one attached hydrogen (secondary N) is 2. The largest absolute Gasteiger partial charge is 0.379 e. The average molecular weight is 409 g/mol. The van der Waals surface area contributed by atoms with E-state index < -0.39 is 0 Å². The van der Waals surface area contributed by atoms with Crippen molar-refractivity contribution in [1.29, 1.82) is 0 Å². The van der Waals surface area contributed by atoms with Gasteiger partial charge in [0.25, 0.3) is 5.91 Å². The number of rotatable bonds is 6. The predicted molar refractivity (Wildman–Crippen MR) is 115 cm³/mol. The van der Waals surface area contributed by atoms with Crippen molar-refractivity contribution < 1.29 is 9.53 Å². The van der Waals surface area contributed by atoms with Gasteiger partial charge in [-0.05, 0) is 35.5 Å². The first kappa shape index (κ1) is 19.6. The quantitative estimate of drug-likeness (QED) is 0.615. The maximum absolute atomic E-state index is 12.7. The monoisotopic (exact) mass is 408 g/mol. The Hall–Kier alpha value is -2.74. The van der Waals surface area contributed by atoms with Crippen LogP contribution in [-0.4, -0.2) is 46.7 Å². The zero-order valence-electron chi connectivity index (χ0n) is 16.1. The molecule has 0 atom stereocenters. The lowest BCUT2D eigenvalue weighted by molar-refractivity contribution is 0.0342. The number of para-hydroxylation sites is 1. The number of aromatic amines is 1. The molecule has 0 unspecified atom stereocenters. The number of carbonyl (C=O) groups excluding carboxylic acids is 1. The highest BCUT2D eigenvalue weighted by Gasteiger charge is 2.14. The Kier molecular flexibility index (Phi) is 6.19. The number of amides is 1. The molecule has 0 radical (unpaired) electrons. The van der Waals surface area contributed by atoms with Crippen LogP contribution >= 0.6 is 12.2 Å². The minimum absolute atomic E-state index is 0.168. The summed E-state index contributed by atoms with van der Waals surface area (Å²) in [5.74, 6) is -0.168. The minimum atomic E-state index is -0.168. The summed E-state index contributed by atoms with van der Waals surface area (Å²) in [5.41, 5.74) is 3.68. The molecule has 0 saturated carbocycles. The summed E-state index contributed by atoms with van der Waals surface area (Å²) in [6.07, 6.45) is 1.65. The third-order valence-corrected chi connectivity index (χ3v) is 5.31. The minimum Gasteiger partial charge on any atom is -0.379 e. The van der Waals surface area contributed by atoms with Crippen molar-refractivity contribution >= 4 is 18.1 Å². The zero-order valence-corrected chi connectivity index (χ0v) is 17.0. The second-order valence-electron chi connectivity index (χ2n) is 7.04. The number of H-pyrrole nitrogens is 1. The van der Waals surface area contributed by atoms with E-state index in [0.717, 1.165) is 44.1 Å². The number of carbonyl (C=O) groups is 1. The van der Waals surface area contributed by atoms with Crippen molar-refractivity contribution in [2.45, 2.75) is 13.1 Å². The molecule has 0 spiro atoms. The molecular formula is C22H24N4O2S. The Morgan fingerprint density at radius 1 is 1.03 bits per heavy atom. The summed E-state index contributed by atoms with van der Waals surface area (Å²) < 4.78 is 7.63. The number of hydrogen-bond donors (Lipinski definition) is 2. The van der Waals surface area contributed by atoms with Gasteiger partial charge in [-0.2, -0.15) is 0 Å². The van der Waals surface area contributed by atoms with E-state index in [1.54, 1.807) is 10.8 Å². The van der Waals surface area contributed by atoms with Gasteiger partial charge < -0.3 is 15.0 Å². The van der Waals surface area contributed by atoms with Crippen LogP contribution in [0.1, 0.15) is 21.6 Å². The van der Waals surface area contributed by atoms with Crippen molar-refractivity contribution in [1.82, 2.24) is 19.8 Å². The molecule has 2 N–H and O–H groups in total. The third-order valence-electron chi connectivity index (χ3n) is 5.01. The van der Waals surface area contributed by atoms with Crippen LogP contribution in [0.3, 0.4) is 0 Å². The van der Waals surface area contributed by atoms with Crippen molar-refractivity contribution in [3.05, 3.63) is 82.4 Å². The van der Waals surface area contributed by atoms with Gasteiger partial charge in [-0.25, -0.2) is 0 Å². The number of benzene rings is 2. The lowest BCUT2D eigenvalue weighted by Crippen LogP contribution is -2.35. The molecule has 0 bridgehead atoms. The Labute approximate surface area is 175 Å². The van der Waals surface area contributed by atoms with Crippen LogP contribution in [0.25, 0.3) is 5.69 Å². The summed E-state index contributed by atoms with van der Waals surface area (Å²) in [7, 11) is 0. The summed E-state index contributed by atoms with van der Waals surface area (Å²) in [6, 6.07) is 18.0. The van der Waals surface area contributed by atoms with Crippen LogP contribution in [-0.2, 0) is 17.8 Å². The summed E-state index contributed by atoms with van der Waals surface area (Å²) in [4.78, 5) is 18.1. The third kappa shape index (κ3) is 4.82. The van der Waals surface area contributed by atoms with Gasteiger partial charge in [-0.1, -0.05) is 42.5 Å². The van der Waals surface area contributed by atoms with Gasteiger partial charge >= 0.3 is 0 Å². The van der Waals surface area contributed by atoms with Gasteiger partial charge in [0.05, 0.1) is 13.2 Å². The maximum Gasteiger partial charge on any atom is 0.270 e. The van der Waals surface area contributed by atoms with Crippen molar-refractivity contribution in [3.63, 3.8) is 0 Å². The first-order chi connectivity index (χ1) is 14.2. The lowest BCUT2D eigenvalue weighted by Gasteiger charge is -2.26. The Morgan fingerprint density at radius 2 is 1.72 bits per heavy atom. The van der Waals surface area contributed by atoms with Crippen LogP contribution in [0.15, 0.2) is 60.8 Å². The van der Waals surface area contributed by atoms with Crippen LogP contribution in [0.4, 0.5) is 0 Å². The first-order valence-corrected chi connectivity index (χ1v) is 10.1. The number of morpholine rings is 1. The van der Waals surface area contributed by atoms with Gasteiger partial charge in [-0.3, -0.25) is 14.3 Å². The highest BCUT2D eigenvalue weighted by Crippen LogP contribution is 2.13. The van der Waals surface area contributed by atoms with Crippen LogP contribution in [0.5, 0.6) is 0 Å². The molecule has 3 aromatic rings. The van der Waals surface area contributed by atoms with Crippen molar-refractivity contribution in [2.24, 2.45) is 0 Å². The van der Waals surface area contributed by atoms with Gasteiger partial charge in [0.1, 0.15) is 5.69 Å². The van der Waals surface area contributed by atoms with E-state index in [4.69, 9.17) is 17.0 Å². The molecule has 150 valence electrons. The number of aromatic nitrogens is 2. The molecule has 1 saturated heterocycles. The Bertz CT molecular complexity index is 1010. The molecule has 1 fully saturated rings. The molecule has 1 amide bonds. The number of ether oxygens (including phenoxy) is 1. The predicted octanol–water partition coefficient (Wildman–Crippen LogP) is 3.30. The van der Waals surface area contributed by atoms with Gasteiger partial charge in [0.2, 0.25) is 0 Å². The molecular weight excluding hydrogens is 384 g/mol. The second-order valence-corrected chi connectivity index (χ2v) is 7.42. The van der Waals surface area contributed by atoms with E-state index in [0.29, 0.717) is 17.0 Å². The summed E-state index contributed by atoms with van der Waals surface area (Å²) >= 11 is 5.35. The van der Waals surface area contributed by atoms with Gasteiger partial charge in [0, 0.05) is 38.1 Å².